The quantitative estimate of drug-likeness (QED) is 0.324. The zero-order valence-electron chi connectivity index (χ0n) is 6.80. The van der Waals surface area contributed by atoms with Crippen LogP contribution in [0.5, 0.6) is 0 Å². The van der Waals surface area contributed by atoms with E-state index in [1.54, 1.807) is 6.08 Å². The van der Waals surface area contributed by atoms with Crippen LogP contribution >= 0.6 is 0 Å². The van der Waals surface area contributed by atoms with E-state index in [1.807, 2.05) is 6.08 Å². The molecule has 12 heavy (non-hydrogen) atoms. The summed E-state index contributed by atoms with van der Waals surface area (Å²) in [6, 6.07) is 0. The van der Waals surface area contributed by atoms with Crippen molar-refractivity contribution in [1.82, 2.24) is 5.32 Å². The van der Waals surface area contributed by atoms with Crippen molar-refractivity contribution in [3.05, 3.63) is 29.2 Å². The van der Waals surface area contributed by atoms with Crippen LogP contribution in [0.2, 0.25) is 0 Å². The van der Waals surface area contributed by atoms with E-state index in [1.165, 1.54) is 6.21 Å². The summed E-state index contributed by atoms with van der Waals surface area (Å²) < 4.78 is 0. The molecule has 0 spiro atoms. The van der Waals surface area contributed by atoms with Gasteiger partial charge in [-0.05, 0) is 24.8 Å². The molecule has 1 aliphatic rings. The molecule has 3 nitrogen and oxygen atoms in total. The fraction of sp³-hybridized carbons (Fsp3) is 0.333. The zero-order chi connectivity index (χ0) is 8.81. The van der Waals surface area contributed by atoms with Gasteiger partial charge in [0.1, 0.15) is 0 Å². The van der Waals surface area contributed by atoms with Crippen molar-refractivity contribution in [3.63, 3.8) is 0 Å². The number of aliphatic hydroxyl groups excluding tert-OH is 1. The van der Waals surface area contributed by atoms with Crippen LogP contribution in [0.1, 0.15) is 6.42 Å². The fourth-order valence-electron chi connectivity index (χ4n) is 0.928. The van der Waals surface area contributed by atoms with Gasteiger partial charge in [-0.1, -0.05) is 5.73 Å². The first-order valence-corrected chi connectivity index (χ1v) is 3.89. The summed E-state index contributed by atoms with van der Waals surface area (Å²) in [5, 5.41) is 18.8. The molecular formula is C9H12N2O. The summed E-state index contributed by atoms with van der Waals surface area (Å²) in [5.41, 5.74) is 3.74. The number of hydrogen-bond acceptors (Lipinski definition) is 3. The Kier molecular flexibility index (Phi) is 3.33. The van der Waals surface area contributed by atoms with Gasteiger partial charge in [-0.2, -0.15) is 0 Å². The van der Waals surface area contributed by atoms with Gasteiger partial charge in [-0.25, -0.2) is 0 Å². The molecule has 0 aromatic heterocycles. The van der Waals surface area contributed by atoms with Crippen molar-refractivity contribution in [1.29, 1.82) is 5.41 Å². The fourth-order valence-corrected chi connectivity index (χ4v) is 0.928. The Hall–Kier alpha value is -1.31. The second kappa shape index (κ2) is 4.54. The van der Waals surface area contributed by atoms with E-state index < -0.39 is 0 Å². The molecule has 0 saturated carbocycles. The van der Waals surface area contributed by atoms with Crippen molar-refractivity contribution in [2.24, 2.45) is 0 Å². The van der Waals surface area contributed by atoms with Crippen molar-refractivity contribution in [2.75, 3.05) is 13.1 Å². The highest BCUT2D eigenvalue weighted by atomic mass is 16.3. The number of aliphatic hydroxyl groups is 1. The minimum absolute atomic E-state index is 0.193. The molecule has 3 N–H and O–H groups in total. The molecule has 64 valence electrons. The summed E-state index contributed by atoms with van der Waals surface area (Å²) in [5.74, 6) is 0.193. The van der Waals surface area contributed by atoms with E-state index in [-0.39, 0.29) is 5.76 Å². The first-order valence-electron chi connectivity index (χ1n) is 3.89. The summed E-state index contributed by atoms with van der Waals surface area (Å²) >= 11 is 0. The van der Waals surface area contributed by atoms with Gasteiger partial charge >= 0.3 is 0 Å². The molecule has 0 atom stereocenters. The SMILES string of the molecule is N=CCCNCC1=C=C(O)C=C1. The first-order chi connectivity index (χ1) is 5.83. The Morgan fingerprint density at radius 1 is 1.58 bits per heavy atom. The highest BCUT2D eigenvalue weighted by molar-refractivity contribution is 5.52. The average molecular weight is 164 g/mol. The summed E-state index contributed by atoms with van der Waals surface area (Å²) in [7, 11) is 0. The summed E-state index contributed by atoms with van der Waals surface area (Å²) in [4.78, 5) is 0. The van der Waals surface area contributed by atoms with Crippen LogP contribution in [0.4, 0.5) is 0 Å². The van der Waals surface area contributed by atoms with Crippen LogP contribution < -0.4 is 5.32 Å². The molecule has 0 saturated heterocycles. The molecule has 0 aromatic carbocycles. The lowest BCUT2D eigenvalue weighted by Crippen LogP contribution is -2.17. The minimum Gasteiger partial charge on any atom is -0.501 e. The number of hydrogen-bond donors (Lipinski definition) is 3. The Balaban J connectivity index is 2.21. The molecule has 0 unspecified atom stereocenters. The lowest BCUT2D eigenvalue weighted by Gasteiger charge is -1.98. The molecule has 0 fully saturated rings. The molecule has 0 heterocycles. The van der Waals surface area contributed by atoms with Gasteiger partial charge in [0.05, 0.1) is 0 Å². The van der Waals surface area contributed by atoms with Crippen LogP contribution in [0, 0.1) is 5.41 Å². The monoisotopic (exact) mass is 164 g/mol. The zero-order valence-corrected chi connectivity index (χ0v) is 6.80. The Morgan fingerprint density at radius 3 is 3.00 bits per heavy atom. The normalized spacial score (nSPS) is 14.3. The van der Waals surface area contributed by atoms with E-state index in [4.69, 9.17) is 10.5 Å². The smallest absolute Gasteiger partial charge is 0.159 e. The topological polar surface area (TPSA) is 56.1 Å². The van der Waals surface area contributed by atoms with Crippen LogP contribution in [0.15, 0.2) is 29.2 Å². The molecule has 0 aromatic rings. The van der Waals surface area contributed by atoms with E-state index >= 15 is 0 Å². The highest BCUT2D eigenvalue weighted by Crippen LogP contribution is 2.04. The maximum atomic E-state index is 8.94. The third-order valence-corrected chi connectivity index (χ3v) is 1.51. The third kappa shape index (κ3) is 2.74. The van der Waals surface area contributed by atoms with E-state index in [2.05, 4.69) is 11.0 Å². The molecule has 0 bridgehead atoms. The highest BCUT2D eigenvalue weighted by Gasteiger charge is 1.97. The third-order valence-electron chi connectivity index (χ3n) is 1.51. The average Bonchev–Trinajstić information content (AvgIpc) is 2.45. The van der Waals surface area contributed by atoms with Crippen molar-refractivity contribution in [3.8, 4) is 0 Å². The predicted molar refractivity (Wildman–Crippen MR) is 48.6 cm³/mol. The van der Waals surface area contributed by atoms with Gasteiger partial charge in [-0.3, -0.25) is 0 Å². The Bertz CT molecular complexity index is 260. The Labute approximate surface area is 71.6 Å². The van der Waals surface area contributed by atoms with E-state index in [9.17, 15) is 0 Å². The van der Waals surface area contributed by atoms with E-state index in [0.29, 0.717) is 6.54 Å². The summed E-state index contributed by atoms with van der Waals surface area (Å²) in [6.45, 7) is 1.50. The molecule has 0 aliphatic heterocycles. The molecule has 1 aliphatic carbocycles. The van der Waals surface area contributed by atoms with Gasteiger partial charge < -0.3 is 15.8 Å². The molecule has 0 amide bonds. The second-order valence-corrected chi connectivity index (χ2v) is 2.54. The first kappa shape index (κ1) is 8.78. The minimum atomic E-state index is 0.193. The number of rotatable bonds is 5. The van der Waals surface area contributed by atoms with Gasteiger partial charge in [-0.15, -0.1) is 0 Å². The van der Waals surface area contributed by atoms with Crippen LogP contribution in [0.3, 0.4) is 0 Å². The molecular weight excluding hydrogens is 152 g/mol. The van der Waals surface area contributed by atoms with Crippen LogP contribution in [-0.2, 0) is 0 Å². The lowest BCUT2D eigenvalue weighted by atomic mass is 10.3. The molecule has 0 radical (unpaired) electrons. The Morgan fingerprint density at radius 2 is 2.42 bits per heavy atom. The van der Waals surface area contributed by atoms with Crippen LogP contribution in [-0.4, -0.2) is 24.4 Å². The molecule has 3 heteroatoms. The lowest BCUT2D eigenvalue weighted by molar-refractivity contribution is 0.435. The van der Waals surface area contributed by atoms with Crippen LogP contribution in [0.25, 0.3) is 0 Å². The second-order valence-electron chi connectivity index (χ2n) is 2.54. The maximum Gasteiger partial charge on any atom is 0.159 e. The standard InChI is InChI=1S/C9H12N2O/c10-4-1-5-11-7-8-2-3-9(12)6-8/h2-4,10-12H,1,5,7H2. The van der Waals surface area contributed by atoms with Crippen molar-refractivity contribution in [2.45, 2.75) is 6.42 Å². The summed E-state index contributed by atoms with van der Waals surface area (Å²) in [6.07, 6.45) is 5.56. The largest absolute Gasteiger partial charge is 0.501 e. The van der Waals surface area contributed by atoms with Gasteiger partial charge in [0, 0.05) is 18.7 Å². The van der Waals surface area contributed by atoms with Gasteiger partial charge in [0.25, 0.3) is 0 Å². The van der Waals surface area contributed by atoms with Gasteiger partial charge in [0.2, 0.25) is 0 Å². The molecule has 1 rings (SSSR count). The predicted octanol–water partition coefficient (Wildman–Crippen LogP) is 1.15. The maximum absolute atomic E-state index is 8.94. The number of nitrogens with one attached hydrogen (secondary N) is 2. The van der Waals surface area contributed by atoms with Crippen molar-refractivity contribution < 1.29 is 5.11 Å². The van der Waals surface area contributed by atoms with E-state index in [0.717, 1.165) is 18.5 Å². The van der Waals surface area contributed by atoms with Gasteiger partial charge in [0.15, 0.2) is 5.76 Å². The van der Waals surface area contributed by atoms with Crippen molar-refractivity contribution >= 4 is 6.21 Å².